The van der Waals surface area contributed by atoms with Crippen molar-refractivity contribution in [1.29, 1.82) is 0 Å². The number of nitrogens with one attached hydrogen (secondary N) is 1. The number of benzene rings is 2. The predicted octanol–water partition coefficient (Wildman–Crippen LogP) is 4.06. The molecule has 1 N–H and O–H groups in total. The Kier molecular flexibility index (Phi) is 2.77. The highest BCUT2D eigenvalue weighted by molar-refractivity contribution is 5.80. The first-order valence-corrected chi connectivity index (χ1v) is 6.07. The first-order chi connectivity index (χ1) is 8.83. The molecule has 0 unspecified atom stereocenters. The molecule has 0 aliphatic rings. The van der Waals surface area contributed by atoms with Gasteiger partial charge in [-0.1, -0.05) is 24.3 Å². The molecule has 0 saturated heterocycles. The summed E-state index contributed by atoms with van der Waals surface area (Å²) >= 11 is 0. The summed E-state index contributed by atoms with van der Waals surface area (Å²) in [5.74, 6) is 0.908. The fourth-order valence-corrected chi connectivity index (χ4v) is 2.05. The molecule has 18 heavy (non-hydrogen) atoms. The van der Waals surface area contributed by atoms with E-state index in [9.17, 15) is 0 Å². The van der Waals surface area contributed by atoms with Crippen molar-refractivity contribution in [2.24, 2.45) is 0 Å². The Hall–Kier alpha value is -2.22. The summed E-state index contributed by atoms with van der Waals surface area (Å²) in [4.78, 5) is 3.17. The SMILES string of the molecule is Cc1ccccc1COc1ccc2[nH]ccc2c1. The fraction of sp³-hybridized carbons (Fsp3) is 0.125. The smallest absolute Gasteiger partial charge is 0.120 e. The van der Waals surface area contributed by atoms with Crippen LogP contribution in [0.5, 0.6) is 5.75 Å². The zero-order valence-corrected chi connectivity index (χ0v) is 10.3. The molecule has 90 valence electrons. The minimum absolute atomic E-state index is 0.614. The normalized spacial score (nSPS) is 10.7. The summed E-state index contributed by atoms with van der Waals surface area (Å²) in [6.07, 6.45) is 1.94. The molecule has 3 aromatic rings. The van der Waals surface area contributed by atoms with Crippen LogP contribution in [-0.2, 0) is 6.61 Å². The monoisotopic (exact) mass is 237 g/mol. The molecule has 0 radical (unpaired) electrons. The van der Waals surface area contributed by atoms with Crippen molar-refractivity contribution in [3.63, 3.8) is 0 Å². The van der Waals surface area contributed by atoms with E-state index in [1.807, 2.05) is 30.5 Å². The number of rotatable bonds is 3. The number of ether oxygens (including phenoxy) is 1. The summed E-state index contributed by atoms with van der Waals surface area (Å²) in [5, 5.41) is 1.18. The second-order valence-corrected chi connectivity index (χ2v) is 4.44. The molecule has 0 amide bonds. The van der Waals surface area contributed by atoms with Gasteiger partial charge in [0.2, 0.25) is 0 Å². The maximum atomic E-state index is 5.84. The molecule has 0 saturated carbocycles. The first kappa shape index (κ1) is 10.9. The zero-order chi connectivity index (χ0) is 12.4. The topological polar surface area (TPSA) is 25.0 Å². The summed E-state index contributed by atoms with van der Waals surface area (Å²) in [7, 11) is 0. The van der Waals surface area contributed by atoms with Crippen molar-refractivity contribution in [2.75, 3.05) is 0 Å². The van der Waals surface area contributed by atoms with Crippen LogP contribution in [-0.4, -0.2) is 4.98 Å². The van der Waals surface area contributed by atoms with Gasteiger partial charge in [-0.15, -0.1) is 0 Å². The Labute approximate surface area is 106 Å². The Morgan fingerprint density at radius 2 is 1.94 bits per heavy atom. The lowest BCUT2D eigenvalue weighted by molar-refractivity contribution is 0.306. The van der Waals surface area contributed by atoms with Crippen LogP contribution >= 0.6 is 0 Å². The fourth-order valence-electron chi connectivity index (χ4n) is 2.05. The van der Waals surface area contributed by atoms with Crippen molar-refractivity contribution < 1.29 is 4.74 Å². The summed E-state index contributed by atoms with van der Waals surface area (Å²) in [6.45, 7) is 2.72. The third kappa shape index (κ3) is 2.09. The van der Waals surface area contributed by atoms with E-state index >= 15 is 0 Å². The Morgan fingerprint density at radius 3 is 2.83 bits per heavy atom. The van der Waals surface area contributed by atoms with Gasteiger partial charge in [-0.2, -0.15) is 0 Å². The number of aromatic nitrogens is 1. The van der Waals surface area contributed by atoms with Gasteiger partial charge in [-0.3, -0.25) is 0 Å². The number of H-pyrrole nitrogens is 1. The van der Waals surface area contributed by atoms with Crippen LogP contribution in [0.4, 0.5) is 0 Å². The molecule has 1 heterocycles. The van der Waals surface area contributed by atoms with Crippen LogP contribution in [0.15, 0.2) is 54.7 Å². The van der Waals surface area contributed by atoms with Gasteiger partial charge < -0.3 is 9.72 Å². The van der Waals surface area contributed by atoms with Gasteiger partial charge in [0.15, 0.2) is 0 Å². The average Bonchev–Trinajstić information content (AvgIpc) is 2.85. The quantitative estimate of drug-likeness (QED) is 0.730. The second kappa shape index (κ2) is 4.57. The third-order valence-electron chi connectivity index (χ3n) is 3.18. The number of hydrogen-bond acceptors (Lipinski definition) is 1. The Bertz CT molecular complexity index is 669. The zero-order valence-electron chi connectivity index (χ0n) is 10.3. The average molecular weight is 237 g/mol. The van der Waals surface area contributed by atoms with Gasteiger partial charge in [-0.25, -0.2) is 0 Å². The number of aryl methyl sites for hydroxylation is 1. The lowest BCUT2D eigenvalue weighted by Crippen LogP contribution is -1.97. The maximum absolute atomic E-state index is 5.84. The maximum Gasteiger partial charge on any atom is 0.120 e. The highest BCUT2D eigenvalue weighted by Gasteiger charge is 2.00. The van der Waals surface area contributed by atoms with E-state index in [2.05, 4.69) is 36.2 Å². The summed E-state index contributed by atoms with van der Waals surface area (Å²) in [5.41, 5.74) is 3.63. The Balaban J connectivity index is 1.78. The van der Waals surface area contributed by atoms with Crippen molar-refractivity contribution in [1.82, 2.24) is 4.98 Å². The molecule has 0 spiro atoms. The molecule has 0 bridgehead atoms. The molecule has 2 heteroatoms. The first-order valence-electron chi connectivity index (χ1n) is 6.07. The standard InChI is InChI=1S/C16H15NO/c1-12-4-2-3-5-14(12)11-18-15-6-7-16-13(10-15)8-9-17-16/h2-10,17H,11H2,1H3. The molecule has 0 aliphatic heterocycles. The van der Waals surface area contributed by atoms with Crippen LogP contribution < -0.4 is 4.74 Å². The predicted molar refractivity (Wildman–Crippen MR) is 73.8 cm³/mol. The van der Waals surface area contributed by atoms with E-state index in [0.717, 1.165) is 11.3 Å². The van der Waals surface area contributed by atoms with Gasteiger partial charge in [0.25, 0.3) is 0 Å². The summed E-state index contributed by atoms with van der Waals surface area (Å²) < 4.78 is 5.84. The van der Waals surface area contributed by atoms with Gasteiger partial charge in [0.1, 0.15) is 12.4 Å². The van der Waals surface area contributed by atoms with E-state index in [1.165, 1.54) is 16.5 Å². The molecule has 2 aromatic carbocycles. The van der Waals surface area contributed by atoms with Crippen molar-refractivity contribution in [2.45, 2.75) is 13.5 Å². The third-order valence-corrected chi connectivity index (χ3v) is 3.18. The molecule has 0 fully saturated rings. The molecular weight excluding hydrogens is 222 g/mol. The lowest BCUT2D eigenvalue weighted by atomic mass is 10.1. The highest BCUT2D eigenvalue weighted by atomic mass is 16.5. The van der Waals surface area contributed by atoms with E-state index < -0.39 is 0 Å². The lowest BCUT2D eigenvalue weighted by Gasteiger charge is -2.08. The number of aromatic amines is 1. The second-order valence-electron chi connectivity index (χ2n) is 4.44. The molecule has 0 aliphatic carbocycles. The van der Waals surface area contributed by atoms with E-state index in [4.69, 9.17) is 4.74 Å². The van der Waals surface area contributed by atoms with Crippen LogP contribution in [0.1, 0.15) is 11.1 Å². The van der Waals surface area contributed by atoms with Gasteiger partial charge in [-0.05, 0) is 42.3 Å². The minimum Gasteiger partial charge on any atom is -0.489 e. The van der Waals surface area contributed by atoms with E-state index in [0.29, 0.717) is 6.61 Å². The number of hydrogen-bond donors (Lipinski definition) is 1. The van der Waals surface area contributed by atoms with Gasteiger partial charge in [0, 0.05) is 17.1 Å². The molecule has 1 aromatic heterocycles. The minimum atomic E-state index is 0.614. The van der Waals surface area contributed by atoms with Crippen LogP contribution in [0.3, 0.4) is 0 Å². The van der Waals surface area contributed by atoms with Crippen LogP contribution in [0, 0.1) is 6.92 Å². The van der Waals surface area contributed by atoms with Gasteiger partial charge >= 0.3 is 0 Å². The van der Waals surface area contributed by atoms with Gasteiger partial charge in [0.05, 0.1) is 0 Å². The molecular formula is C16H15NO. The Morgan fingerprint density at radius 1 is 1.06 bits per heavy atom. The molecule has 2 nitrogen and oxygen atoms in total. The van der Waals surface area contributed by atoms with Crippen molar-refractivity contribution in [3.8, 4) is 5.75 Å². The van der Waals surface area contributed by atoms with Crippen molar-refractivity contribution >= 4 is 10.9 Å². The van der Waals surface area contributed by atoms with E-state index in [1.54, 1.807) is 0 Å². The largest absolute Gasteiger partial charge is 0.489 e. The molecule has 0 atom stereocenters. The van der Waals surface area contributed by atoms with Crippen LogP contribution in [0.2, 0.25) is 0 Å². The van der Waals surface area contributed by atoms with E-state index in [-0.39, 0.29) is 0 Å². The summed E-state index contributed by atoms with van der Waals surface area (Å²) in [6, 6.07) is 16.4. The van der Waals surface area contributed by atoms with Crippen molar-refractivity contribution in [3.05, 3.63) is 65.9 Å². The molecule has 3 rings (SSSR count). The van der Waals surface area contributed by atoms with Crippen LogP contribution in [0.25, 0.3) is 10.9 Å². The number of fused-ring (bicyclic) bond motifs is 1. The highest BCUT2D eigenvalue weighted by Crippen LogP contribution is 2.21.